The number of amides is 1. The number of rotatable bonds is 6. The number of hydrogen-bond acceptors (Lipinski definition) is 6. The minimum absolute atomic E-state index is 0.0882. The molecule has 0 radical (unpaired) electrons. The molecule has 0 aromatic carbocycles. The maximum absolute atomic E-state index is 12.1. The Morgan fingerprint density at radius 1 is 1.40 bits per heavy atom. The molecule has 2 aliphatic rings. The van der Waals surface area contributed by atoms with Crippen LogP contribution in [0.5, 0.6) is 0 Å². The van der Waals surface area contributed by atoms with Gasteiger partial charge in [0.25, 0.3) is 5.91 Å². The lowest BCUT2D eigenvalue weighted by Crippen LogP contribution is -2.37. The molecular weight excluding hydrogens is 274 g/mol. The lowest BCUT2D eigenvalue weighted by Gasteiger charge is -2.15. The molecule has 1 saturated carbocycles. The number of nitrogens with zero attached hydrogens (tertiary/aromatic N) is 3. The van der Waals surface area contributed by atoms with Crippen molar-refractivity contribution < 1.29 is 4.79 Å². The average Bonchev–Trinajstić information content (AvgIpc) is 3.01. The number of likely N-dealkylation sites (tertiary alicyclic amines) is 1. The van der Waals surface area contributed by atoms with E-state index < -0.39 is 0 Å². The van der Waals surface area contributed by atoms with Gasteiger partial charge in [-0.25, -0.2) is 0 Å². The smallest absolute Gasteiger partial charge is 0.282 e. The molecule has 1 aliphatic heterocycles. The number of aromatic nitrogens is 2. The van der Waals surface area contributed by atoms with Crippen molar-refractivity contribution >= 4 is 22.4 Å². The molecule has 1 unspecified atom stereocenters. The Hall–Kier alpha value is -1.21. The molecule has 3 rings (SSSR count). The second-order valence-corrected chi connectivity index (χ2v) is 6.50. The third-order valence-electron chi connectivity index (χ3n) is 3.76. The highest BCUT2D eigenvalue weighted by molar-refractivity contribution is 7.17. The van der Waals surface area contributed by atoms with Crippen LogP contribution in [0.25, 0.3) is 0 Å². The van der Waals surface area contributed by atoms with Gasteiger partial charge < -0.3 is 10.6 Å². The van der Waals surface area contributed by atoms with Gasteiger partial charge in [-0.15, -0.1) is 10.2 Å². The van der Waals surface area contributed by atoms with Crippen molar-refractivity contribution in [1.29, 1.82) is 0 Å². The molecule has 0 bridgehead atoms. The second kappa shape index (κ2) is 6.05. The SMILES string of the molecule is CCCNc1nnc(C(=O)NC2CCN(C3CC3)C2)s1. The van der Waals surface area contributed by atoms with E-state index >= 15 is 0 Å². The number of carbonyl (C=O) groups excluding carboxylic acids is 1. The number of carbonyl (C=O) groups is 1. The van der Waals surface area contributed by atoms with Crippen molar-refractivity contribution in [2.45, 2.75) is 44.7 Å². The maximum Gasteiger partial charge on any atom is 0.282 e. The Bertz CT molecular complexity index is 473. The first kappa shape index (κ1) is 13.8. The molecule has 2 N–H and O–H groups in total. The van der Waals surface area contributed by atoms with Crippen molar-refractivity contribution in [2.75, 3.05) is 25.0 Å². The van der Waals surface area contributed by atoms with Gasteiger partial charge in [0, 0.05) is 31.7 Å². The molecule has 20 heavy (non-hydrogen) atoms. The summed E-state index contributed by atoms with van der Waals surface area (Å²) < 4.78 is 0. The number of nitrogens with one attached hydrogen (secondary N) is 2. The van der Waals surface area contributed by atoms with Crippen molar-refractivity contribution in [2.24, 2.45) is 0 Å². The minimum atomic E-state index is -0.0882. The van der Waals surface area contributed by atoms with Gasteiger partial charge in [0.15, 0.2) is 0 Å². The number of anilines is 1. The summed E-state index contributed by atoms with van der Waals surface area (Å²) >= 11 is 1.32. The van der Waals surface area contributed by atoms with E-state index in [1.54, 1.807) is 0 Å². The Morgan fingerprint density at radius 3 is 3.00 bits per heavy atom. The summed E-state index contributed by atoms with van der Waals surface area (Å²) in [6.45, 7) is 5.04. The van der Waals surface area contributed by atoms with Gasteiger partial charge >= 0.3 is 0 Å². The molecule has 2 fully saturated rings. The van der Waals surface area contributed by atoms with Crippen LogP contribution in [-0.2, 0) is 0 Å². The zero-order valence-corrected chi connectivity index (χ0v) is 12.6. The van der Waals surface area contributed by atoms with Crippen LogP contribution >= 0.6 is 11.3 Å². The highest BCUT2D eigenvalue weighted by Gasteiger charge is 2.35. The first-order valence-electron chi connectivity index (χ1n) is 7.38. The van der Waals surface area contributed by atoms with Crippen LogP contribution in [-0.4, -0.2) is 52.7 Å². The van der Waals surface area contributed by atoms with Gasteiger partial charge in [-0.1, -0.05) is 18.3 Å². The molecule has 1 atom stereocenters. The summed E-state index contributed by atoms with van der Waals surface area (Å²) in [5, 5.41) is 15.4. The van der Waals surface area contributed by atoms with Crippen LogP contribution in [0.2, 0.25) is 0 Å². The lowest BCUT2D eigenvalue weighted by molar-refractivity contribution is 0.0936. The summed E-state index contributed by atoms with van der Waals surface area (Å²) in [5.41, 5.74) is 0. The van der Waals surface area contributed by atoms with Crippen LogP contribution in [0.1, 0.15) is 42.4 Å². The van der Waals surface area contributed by atoms with Crippen molar-refractivity contribution in [3.05, 3.63) is 5.01 Å². The zero-order valence-electron chi connectivity index (χ0n) is 11.8. The quantitative estimate of drug-likeness (QED) is 0.828. The standard InChI is InChI=1S/C13H21N5OS/c1-2-6-14-13-17-16-12(20-13)11(19)15-9-5-7-18(8-9)10-3-4-10/h9-10H,2-8H2,1H3,(H,14,17)(H,15,19). The van der Waals surface area contributed by atoms with Crippen LogP contribution in [0, 0.1) is 0 Å². The van der Waals surface area contributed by atoms with Gasteiger partial charge in [0.2, 0.25) is 10.1 Å². The van der Waals surface area contributed by atoms with E-state index in [4.69, 9.17) is 0 Å². The number of hydrogen-bond donors (Lipinski definition) is 2. The highest BCUT2D eigenvalue weighted by Crippen LogP contribution is 2.29. The fraction of sp³-hybridized carbons (Fsp3) is 0.769. The minimum Gasteiger partial charge on any atom is -0.360 e. The molecule has 1 aliphatic carbocycles. The molecule has 2 heterocycles. The molecule has 7 heteroatoms. The maximum atomic E-state index is 12.1. The highest BCUT2D eigenvalue weighted by atomic mass is 32.1. The van der Waals surface area contributed by atoms with E-state index in [1.165, 1.54) is 24.2 Å². The molecule has 1 aromatic rings. The van der Waals surface area contributed by atoms with Gasteiger partial charge in [-0.05, 0) is 25.7 Å². The van der Waals surface area contributed by atoms with E-state index in [9.17, 15) is 4.79 Å². The van der Waals surface area contributed by atoms with Crippen molar-refractivity contribution in [3.8, 4) is 0 Å². The topological polar surface area (TPSA) is 70.1 Å². The molecule has 6 nitrogen and oxygen atoms in total. The molecule has 0 spiro atoms. The molecule has 1 saturated heterocycles. The van der Waals surface area contributed by atoms with Crippen LogP contribution < -0.4 is 10.6 Å². The largest absolute Gasteiger partial charge is 0.360 e. The first-order valence-corrected chi connectivity index (χ1v) is 8.20. The van der Waals surface area contributed by atoms with Gasteiger partial charge in [0.05, 0.1) is 0 Å². The van der Waals surface area contributed by atoms with Crippen molar-refractivity contribution in [3.63, 3.8) is 0 Å². The fourth-order valence-electron chi connectivity index (χ4n) is 2.54. The monoisotopic (exact) mass is 295 g/mol. The van der Waals surface area contributed by atoms with E-state index in [0.717, 1.165) is 43.6 Å². The Morgan fingerprint density at radius 2 is 2.25 bits per heavy atom. The second-order valence-electron chi connectivity index (χ2n) is 5.52. The molecule has 1 amide bonds. The third kappa shape index (κ3) is 3.27. The summed E-state index contributed by atoms with van der Waals surface area (Å²) in [5.74, 6) is -0.0882. The lowest BCUT2D eigenvalue weighted by atomic mass is 10.2. The zero-order chi connectivity index (χ0) is 13.9. The molecule has 110 valence electrons. The Balaban J connectivity index is 1.49. The van der Waals surface area contributed by atoms with E-state index in [1.807, 2.05) is 0 Å². The summed E-state index contributed by atoms with van der Waals surface area (Å²) in [7, 11) is 0. The van der Waals surface area contributed by atoms with Crippen LogP contribution in [0.4, 0.5) is 5.13 Å². The van der Waals surface area contributed by atoms with Crippen LogP contribution in [0.15, 0.2) is 0 Å². The normalized spacial score (nSPS) is 22.9. The van der Waals surface area contributed by atoms with Gasteiger partial charge in [0.1, 0.15) is 0 Å². The van der Waals surface area contributed by atoms with Gasteiger partial charge in [-0.2, -0.15) is 0 Å². The van der Waals surface area contributed by atoms with Crippen LogP contribution in [0.3, 0.4) is 0 Å². The van der Waals surface area contributed by atoms with Crippen molar-refractivity contribution in [1.82, 2.24) is 20.4 Å². The summed E-state index contributed by atoms with van der Waals surface area (Å²) in [6.07, 6.45) is 4.72. The van der Waals surface area contributed by atoms with Gasteiger partial charge in [-0.3, -0.25) is 9.69 Å². The third-order valence-corrected chi connectivity index (χ3v) is 4.64. The predicted octanol–water partition coefficient (Wildman–Crippen LogP) is 1.33. The first-order chi connectivity index (χ1) is 9.76. The molecule has 1 aromatic heterocycles. The average molecular weight is 295 g/mol. The van der Waals surface area contributed by atoms with E-state index in [0.29, 0.717) is 5.01 Å². The Kier molecular flexibility index (Phi) is 4.16. The summed E-state index contributed by atoms with van der Waals surface area (Å²) in [6, 6.07) is 1.04. The van der Waals surface area contributed by atoms with E-state index in [-0.39, 0.29) is 11.9 Å². The predicted molar refractivity (Wildman–Crippen MR) is 79.2 cm³/mol. The summed E-state index contributed by atoms with van der Waals surface area (Å²) in [4.78, 5) is 14.6. The van der Waals surface area contributed by atoms with E-state index in [2.05, 4.69) is 32.7 Å². The molecular formula is C13H21N5OS. The fourth-order valence-corrected chi connectivity index (χ4v) is 3.21. The Labute approximate surface area is 123 Å².